The van der Waals surface area contributed by atoms with Gasteiger partial charge in [0.15, 0.2) is 0 Å². The molecule has 1 unspecified atom stereocenters. The minimum absolute atomic E-state index is 0.485. The highest BCUT2D eigenvalue weighted by Crippen LogP contribution is 2.32. The summed E-state index contributed by atoms with van der Waals surface area (Å²) in [4.78, 5) is 8.81. The van der Waals surface area contributed by atoms with Gasteiger partial charge in [0.25, 0.3) is 0 Å². The third-order valence-electron chi connectivity index (χ3n) is 5.89. The quantitative estimate of drug-likeness (QED) is 0.287. The number of hydrogen-bond donors (Lipinski definition) is 0. The predicted molar refractivity (Wildman–Crippen MR) is 144 cm³/mol. The minimum Gasteiger partial charge on any atom is -0.497 e. The van der Waals surface area contributed by atoms with Crippen molar-refractivity contribution in [3.63, 3.8) is 0 Å². The van der Waals surface area contributed by atoms with Gasteiger partial charge in [0.1, 0.15) is 17.8 Å². The maximum Gasteiger partial charge on any atom is 0.118 e. The van der Waals surface area contributed by atoms with Gasteiger partial charge in [-0.2, -0.15) is 0 Å². The molecule has 3 rings (SSSR count). The molecule has 0 amide bonds. The Balaban J connectivity index is 0.00000107. The molecule has 0 heterocycles. The first-order valence-electron chi connectivity index (χ1n) is 12.3. The highest BCUT2D eigenvalue weighted by Gasteiger charge is 2.20. The molecular weight excluding hydrogens is 420 g/mol. The van der Waals surface area contributed by atoms with E-state index in [0.29, 0.717) is 11.8 Å². The average molecular weight is 463 g/mol. The summed E-state index contributed by atoms with van der Waals surface area (Å²) in [6, 6.07) is 27.9. The number of carbonyl (C=O) groups is 1. The molecule has 184 valence electrons. The summed E-state index contributed by atoms with van der Waals surface area (Å²) < 4.78 is 10.6. The van der Waals surface area contributed by atoms with Gasteiger partial charge in [0.05, 0.1) is 14.2 Å². The molecule has 0 aromatic heterocycles. The van der Waals surface area contributed by atoms with Crippen LogP contribution in [0.2, 0.25) is 0 Å². The summed E-state index contributed by atoms with van der Waals surface area (Å²) in [5, 5.41) is 0. The summed E-state index contributed by atoms with van der Waals surface area (Å²) in [5.74, 6) is 2.90. The number of benzene rings is 3. The molecule has 2 atom stereocenters. The fraction of sp³-hybridized carbons (Fsp3) is 0.387. The molecule has 34 heavy (non-hydrogen) atoms. The average Bonchev–Trinajstić information content (AvgIpc) is 2.90. The van der Waals surface area contributed by atoms with Crippen LogP contribution in [0.15, 0.2) is 78.9 Å². The number of aldehydes is 1. The van der Waals surface area contributed by atoms with Crippen LogP contribution in [0, 0.1) is 5.92 Å². The highest BCUT2D eigenvalue weighted by molar-refractivity contribution is 5.44. The monoisotopic (exact) mass is 462 g/mol. The number of ether oxygens (including phenoxy) is 2. The molecule has 3 aromatic carbocycles. The van der Waals surface area contributed by atoms with E-state index in [4.69, 9.17) is 14.3 Å². The number of aryl methyl sites for hydroxylation is 1. The molecule has 3 heteroatoms. The van der Waals surface area contributed by atoms with Crippen LogP contribution in [-0.2, 0) is 17.6 Å². The Morgan fingerprint density at radius 2 is 1.26 bits per heavy atom. The molecule has 0 aliphatic heterocycles. The first-order chi connectivity index (χ1) is 16.6. The lowest BCUT2D eigenvalue weighted by molar-refractivity contribution is -0.106. The molecule has 0 radical (unpaired) electrons. The van der Waals surface area contributed by atoms with Gasteiger partial charge >= 0.3 is 0 Å². The third-order valence-corrected chi connectivity index (χ3v) is 5.89. The van der Waals surface area contributed by atoms with E-state index < -0.39 is 0 Å². The zero-order chi connectivity index (χ0) is 25.2. The summed E-state index contributed by atoms with van der Waals surface area (Å²) in [7, 11) is 3.43. The van der Waals surface area contributed by atoms with Crippen LogP contribution in [0.4, 0.5) is 0 Å². The molecule has 0 spiro atoms. The third kappa shape index (κ3) is 10.2. The smallest absolute Gasteiger partial charge is 0.118 e. The standard InChI is InChI=1S/C27H32O2.C2H4O.C2H6/c1-21(24-14-18-27(29-3)19-15-24)25(11-7-10-22-8-5-4-6-9-22)20-23-12-16-26(28-2)17-13-23;1-2-3;1-2/h4-6,8-9,12-19,21,25H,7,10-11,20H2,1-3H3;2H,1H3;1-2H3/t21?,25-;;/m0../s1. The maximum absolute atomic E-state index is 8.81. The van der Waals surface area contributed by atoms with Crippen molar-refractivity contribution >= 4 is 6.29 Å². The number of carbonyl (C=O) groups excluding carboxylic acids is 1. The van der Waals surface area contributed by atoms with Crippen molar-refractivity contribution in [2.45, 2.75) is 59.3 Å². The molecule has 0 saturated carbocycles. The molecule has 0 bridgehead atoms. The van der Waals surface area contributed by atoms with Gasteiger partial charge in [-0.1, -0.05) is 75.4 Å². The van der Waals surface area contributed by atoms with Gasteiger partial charge in [0.2, 0.25) is 0 Å². The molecule has 0 fully saturated rings. The van der Waals surface area contributed by atoms with Crippen molar-refractivity contribution in [2.75, 3.05) is 14.2 Å². The second-order valence-electron chi connectivity index (χ2n) is 7.99. The van der Waals surface area contributed by atoms with Gasteiger partial charge in [-0.05, 0) is 85.4 Å². The first-order valence-corrected chi connectivity index (χ1v) is 12.3. The van der Waals surface area contributed by atoms with Gasteiger partial charge in [-0.3, -0.25) is 0 Å². The van der Waals surface area contributed by atoms with Crippen molar-refractivity contribution in [1.29, 1.82) is 0 Å². The molecule has 0 saturated heterocycles. The van der Waals surface area contributed by atoms with Crippen LogP contribution in [0.1, 0.15) is 63.1 Å². The van der Waals surface area contributed by atoms with Crippen molar-refractivity contribution in [2.24, 2.45) is 5.92 Å². The van der Waals surface area contributed by atoms with Crippen molar-refractivity contribution in [1.82, 2.24) is 0 Å². The van der Waals surface area contributed by atoms with Crippen LogP contribution >= 0.6 is 0 Å². The second kappa shape index (κ2) is 17.4. The van der Waals surface area contributed by atoms with Crippen molar-refractivity contribution in [3.05, 3.63) is 95.6 Å². The van der Waals surface area contributed by atoms with E-state index in [0.717, 1.165) is 30.6 Å². The normalized spacial score (nSPS) is 11.6. The van der Waals surface area contributed by atoms with Crippen LogP contribution in [0.5, 0.6) is 11.5 Å². The fourth-order valence-electron chi connectivity index (χ4n) is 3.99. The van der Waals surface area contributed by atoms with Crippen LogP contribution in [-0.4, -0.2) is 20.5 Å². The van der Waals surface area contributed by atoms with Crippen LogP contribution in [0.3, 0.4) is 0 Å². The summed E-state index contributed by atoms with van der Waals surface area (Å²) >= 11 is 0. The Labute approximate surface area is 207 Å². The number of rotatable bonds is 10. The maximum atomic E-state index is 8.81. The predicted octanol–water partition coefficient (Wildman–Crippen LogP) is 7.92. The van der Waals surface area contributed by atoms with E-state index in [-0.39, 0.29) is 0 Å². The Morgan fingerprint density at radius 1 is 0.765 bits per heavy atom. The molecular formula is C31H42O3. The fourth-order valence-corrected chi connectivity index (χ4v) is 3.99. The molecule has 0 aliphatic rings. The van der Waals surface area contributed by atoms with Crippen molar-refractivity contribution < 1.29 is 14.3 Å². The Kier molecular flexibility index (Phi) is 14.8. The molecule has 3 aromatic rings. The molecule has 0 N–H and O–H groups in total. The first kappa shape index (κ1) is 29.0. The Hall–Kier alpha value is -3.07. The summed E-state index contributed by atoms with van der Waals surface area (Å²) in [6.45, 7) is 7.80. The van der Waals surface area contributed by atoms with E-state index in [2.05, 4.69) is 85.8 Å². The van der Waals surface area contributed by atoms with Crippen LogP contribution in [0.25, 0.3) is 0 Å². The van der Waals surface area contributed by atoms with E-state index in [9.17, 15) is 0 Å². The van der Waals surface area contributed by atoms with E-state index in [1.807, 2.05) is 13.8 Å². The number of hydrogen-bond acceptors (Lipinski definition) is 3. The molecule has 3 nitrogen and oxygen atoms in total. The van der Waals surface area contributed by atoms with Gasteiger partial charge in [-0.25, -0.2) is 0 Å². The topological polar surface area (TPSA) is 35.5 Å². The van der Waals surface area contributed by atoms with E-state index >= 15 is 0 Å². The molecule has 0 aliphatic carbocycles. The lowest BCUT2D eigenvalue weighted by Crippen LogP contribution is -2.14. The lowest BCUT2D eigenvalue weighted by Gasteiger charge is -2.25. The van der Waals surface area contributed by atoms with E-state index in [1.165, 1.54) is 36.5 Å². The van der Waals surface area contributed by atoms with Gasteiger partial charge in [0, 0.05) is 0 Å². The van der Waals surface area contributed by atoms with Crippen LogP contribution < -0.4 is 9.47 Å². The zero-order valence-electron chi connectivity index (χ0n) is 21.8. The van der Waals surface area contributed by atoms with Gasteiger partial charge in [-0.15, -0.1) is 0 Å². The summed E-state index contributed by atoms with van der Waals surface area (Å²) in [5.41, 5.74) is 4.17. The summed E-state index contributed by atoms with van der Waals surface area (Å²) in [6.07, 6.45) is 5.36. The van der Waals surface area contributed by atoms with Crippen molar-refractivity contribution in [3.8, 4) is 11.5 Å². The lowest BCUT2D eigenvalue weighted by atomic mass is 9.80. The largest absolute Gasteiger partial charge is 0.497 e. The Bertz CT molecular complexity index is 886. The van der Waals surface area contributed by atoms with Gasteiger partial charge < -0.3 is 14.3 Å². The minimum atomic E-state index is 0.485. The number of methoxy groups -OCH3 is 2. The highest BCUT2D eigenvalue weighted by atomic mass is 16.5. The SMILES string of the molecule is CC.CC=O.COc1ccc(C[C@H](CCCc2ccccc2)C(C)c2ccc(OC)cc2)cc1. The van der Waals surface area contributed by atoms with E-state index in [1.54, 1.807) is 14.2 Å². The zero-order valence-corrected chi connectivity index (χ0v) is 21.8. The second-order valence-corrected chi connectivity index (χ2v) is 7.99. The Morgan fingerprint density at radius 3 is 1.76 bits per heavy atom.